The van der Waals surface area contributed by atoms with E-state index in [-0.39, 0.29) is 0 Å². The minimum Gasteiger partial charge on any atom is -0.449 e. The summed E-state index contributed by atoms with van der Waals surface area (Å²) < 4.78 is 32.0. The fraction of sp³-hybridized carbons (Fsp3) is 0.263. The Hall–Kier alpha value is -2.76. The van der Waals surface area contributed by atoms with Crippen molar-refractivity contribution >= 4 is 17.6 Å². The number of esters is 1. The van der Waals surface area contributed by atoms with Gasteiger partial charge in [-0.15, -0.1) is 0 Å². The first-order chi connectivity index (χ1) is 11.8. The average molecular weight is 347 g/mol. The molecule has 0 unspecified atom stereocenters. The molecule has 1 N–H and O–H groups in total. The van der Waals surface area contributed by atoms with E-state index in [0.717, 1.165) is 23.8 Å². The second-order valence-electron chi connectivity index (χ2n) is 5.91. The van der Waals surface area contributed by atoms with E-state index in [9.17, 15) is 18.4 Å². The van der Waals surface area contributed by atoms with Gasteiger partial charge in [0, 0.05) is 5.69 Å². The number of anilines is 1. The summed E-state index contributed by atoms with van der Waals surface area (Å²) in [6.45, 7) is 5.43. The molecule has 1 amide bonds. The third kappa shape index (κ3) is 4.62. The van der Waals surface area contributed by atoms with Crippen LogP contribution in [0.2, 0.25) is 0 Å². The second kappa shape index (κ2) is 7.88. The van der Waals surface area contributed by atoms with Crippen LogP contribution < -0.4 is 5.32 Å². The van der Waals surface area contributed by atoms with Crippen molar-refractivity contribution in [3.8, 4) is 0 Å². The molecule has 25 heavy (non-hydrogen) atoms. The van der Waals surface area contributed by atoms with Crippen LogP contribution in [0.25, 0.3) is 0 Å². The van der Waals surface area contributed by atoms with E-state index in [0.29, 0.717) is 11.6 Å². The fourth-order valence-electron chi connectivity index (χ4n) is 2.16. The van der Waals surface area contributed by atoms with Gasteiger partial charge < -0.3 is 10.1 Å². The summed E-state index contributed by atoms with van der Waals surface area (Å²) in [4.78, 5) is 24.0. The van der Waals surface area contributed by atoms with Gasteiger partial charge in [0.05, 0.1) is 0 Å². The lowest BCUT2D eigenvalue weighted by atomic mass is 10.0. The SMILES string of the molecule is CC(C)c1ccc(NC(=O)[C@H](C)OC(=O)c2c(F)cccc2F)cc1. The zero-order valence-corrected chi connectivity index (χ0v) is 14.2. The van der Waals surface area contributed by atoms with E-state index >= 15 is 0 Å². The summed E-state index contributed by atoms with van der Waals surface area (Å²) >= 11 is 0. The number of ether oxygens (including phenoxy) is 1. The molecule has 4 nitrogen and oxygen atoms in total. The van der Waals surface area contributed by atoms with Gasteiger partial charge in [-0.05, 0) is 42.7 Å². The van der Waals surface area contributed by atoms with Gasteiger partial charge >= 0.3 is 5.97 Å². The number of hydrogen-bond acceptors (Lipinski definition) is 3. The van der Waals surface area contributed by atoms with Gasteiger partial charge in [-0.3, -0.25) is 4.79 Å². The zero-order valence-electron chi connectivity index (χ0n) is 14.2. The Bertz CT molecular complexity index is 752. The number of benzene rings is 2. The van der Waals surface area contributed by atoms with Crippen molar-refractivity contribution in [3.05, 3.63) is 65.2 Å². The van der Waals surface area contributed by atoms with E-state index in [1.165, 1.54) is 6.92 Å². The normalized spacial score (nSPS) is 11.9. The molecule has 2 aromatic carbocycles. The van der Waals surface area contributed by atoms with Crippen LogP contribution in [0.3, 0.4) is 0 Å². The maximum atomic E-state index is 13.6. The van der Waals surface area contributed by atoms with E-state index < -0.39 is 35.2 Å². The van der Waals surface area contributed by atoms with Crippen LogP contribution in [0.1, 0.15) is 42.6 Å². The lowest BCUT2D eigenvalue weighted by molar-refractivity contribution is -0.123. The molecule has 6 heteroatoms. The van der Waals surface area contributed by atoms with Crippen molar-refractivity contribution in [1.29, 1.82) is 0 Å². The van der Waals surface area contributed by atoms with E-state index in [1.807, 2.05) is 12.1 Å². The third-order valence-corrected chi connectivity index (χ3v) is 3.66. The highest BCUT2D eigenvalue weighted by molar-refractivity contribution is 5.97. The molecule has 0 aliphatic heterocycles. The van der Waals surface area contributed by atoms with Crippen LogP contribution >= 0.6 is 0 Å². The Morgan fingerprint density at radius 3 is 2.04 bits per heavy atom. The summed E-state index contributed by atoms with van der Waals surface area (Å²) in [6.07, 6.45) is -1.21. The van der Waals surface area contributed by atoms with Crippen LogP contribution in [0.15, 0.2) is 42.5 Å². The molecule has 0 saturated heterocycles. The Kier molecular flexibility index (Phi) is 5.85. The molecule has 0 aromatic heterocycles. The first-order valence-electron chi connectivity index (χ1n) is 7.85. The van der Waals surface area contributed by atoms with E-state index in [2.05, 4.69) is 19.2 Å². The van der Waals surface area contributed by atoms with Crippen molar-refractivity contribution in [1.82, 2.24) is 0 Å². The quantitative estimate of drug-likeness (QED) is 0.822. The minimum atomic E-state index is -1.23. The Morgan fingerprint density at radius 1 is 0.960 bits per heavy atom. The lowest BCUT2D eigenvalue weighted by Gasteiger charge is -2.14. The van der Waals surface area contributed by atoms with Gasteiger partial charge in [0.25, 0.3) is 5.91 Å². The molecule has 0 aliphatic rings. The van der Waals surface area contributed by atoms with Gasteiger partial charge in [-0.25, -0.2) is 13.6 Å². The van der Waals surface area contributed by atoms with Crippen molar-refractivity contribution in [2.45, 2.75) is 32.8 Å². The Morgan fingerprint density at radius 2 is 1.52 bits per heavy atom. The number of halogens is 2. The number of rotatable bonds is 5. The van der Waals surface area contributed by atoms with Crippen LogP contribution in [-0.2, 0) is 9.53 Å². The topological polar surface area (TPSA) is 55.4 Å². The monoisotopic (exact) mass is 347 g/mol. The van der Waals surface area contributed by atoms with Crippen LogP contribution in [-0.4, -0.2) is 18.0 Å². The maximum Gasteiger partial charge on any atom is 0.344 e. The molecule has 132 valence electrons. The lowest BCUT2D eigenvalue weighted by Crippen LogP contribution is -2.30. The minimum absolute atomic E-state index is 0.361. The highest BCUT2D eigenvalue weighted by atomic mass is 19.1. The van der Waals surface area contributed by atoms with Crippen LogP contribution in [0.4, 0.5) is 14.5 Å². The number of carbonyl (C=O) groups is 2. The first-order valence-corrected chi connectivity index (χ1v) is 7.85. The summed E-state index contributed by atoms with van der Waals surface area (Å²) in [6, 6.07) is 10.3. The molecule has 0 heterocycles. The van der Waals surface area contributed by atoms with E-state index in [1.54, 1.807) is 12.1 Å². The molecule has 0 spiro atoms. The zero-order chi connectivity index (χ0) is 18.6. The largest absolute Gasteiger partial charge is 0.449 e. The van der Waals surface area contributed by atoms with Gasteiger partial charge in [0.2, 0.25) is 0 Å². The predicted molar refractivity (Wildman–Crippen MR) is 90.4 cm³/mol. The summed E-state index contributed by atoms with van der Waals surface area (Å²) in [5, 5.41) is 2.59. The van der Waals surface area contributed by atoms with Crippen LogP contribution in [0, 0.1) is 11.6 Å². The first kappa shape index (κ1) is 18.6. The van der Waals surface area contributed by atoms with Crippen molar-refractivity contribution in [2.75, 3.05) is 5.32 Å². The average Bonchev–Trinajstić information content (AvgIpc) is 2.55. The molecular weight excluding hydrogens is 328 g/mol. The highest BCUT2D eigenvalue weighted by Crippen LogP contribution is 2.18. The molecule has 0 saturated carbocycles. The molecule has 0 aliphatic carbocycles. The molecule has 0 bridgehead atoms. The molecule has 2 rings (SSSR count). The van der Waals surface area contributed by atoms with Gasteiger partial charge in [0.1, 0.15) is 17.2 Å². The number of nitrogens with one attached hydrogen (secondary N) is 1. The van der Waals surface area contributed by atoms with Gasteiger partial charge in [-0.1, -0.05) is 32.0 Å². The molecule has 0 radical (unpaired) electrons. The third-order valence-electron chi connectivity index (χ3n) is 3.66. The van der Waals surface area contributed by atoms with Gasteiger partial charge in [0.15, 0.2) is 6.10 Å². The summed E-state index contributed by atoms with van der Waals surface area (Å²) in [5.41, 5.74) is 0.838. The molecule has 0 fully saturated rings. The molecule has 1 atom stereocenters. The smallest absolute Gasteiger partial charge is 0.344 e. The highest BCUT2D eigenvalue weighted by Gasteiger charge is 2.24. The Labute approximate surface area is 144 Å². The Balaban J connectivity index is 2.01. The fourth-order valence-corrected chi connectivity index (χ4v) is 2.16. The molecule has 2 aromatic rings. The summed E-state index contributed by atoms with van der Waals surface area (Å²) in [5.74, 6) is -3.54. The number of carbonyl (C=O) groups excluding carboxylic acids is 2. The standard InChI is InChI=1S/C19H19F2NO3/c1-11(2)13-7-9-14(10-8-13)22-18(23)12(3)25-19(24)17-15(20)5-4-6-16(17)21/h4-12H,1-3H3,(H,22,23)/t12-/m0/s1. The number of hydrogen-bond donors (Lipinski definition) is 1. The summed E-state index contributed by atoms with van der Waals surface area (Å²) in [7, 11) is 0. The second-order valence-corrected chi connectivity index (χ2v) is 5.91. The van der Waals surface area contributed by atoms with Crippen molar-refractivity contribution < 1.29 is 23.1 Å². The number of amides is 1. The molecular formula is C19H19F2NO3. The van der Waals surface area contributed by atoms with Crippen molar-refractivity contribution in [2.24, 2.45) is 0 Å². The predicted octanol–water partition coefficient (Wildman–Crippen LogP) is 4.27. The van der Waals surface area contributed by atoms with Crippen LogP contribution in [0.5, 0.6) is 0 Å². The van der Waals surface area contributed by atoms with E-state index in [4.69, 9.17) is 4.74 Å². The van der Waals surface area contributed by atoms with Gasteiger partial charge in [-0.2, -0.15) is 0 Å². The van der Waals surface area contributed by atoms with Crippen molar-refractivity contribution in [3.63, 3.8) is 0 Å². The maximum absolute atomic E-state index is 13.6.